The quantitative estimate of drug-likeness (QED) is 0.263. The van der Waals surface area contributed by atoms with Crippen molar-refractivity contribution in [2.45, 2.75) is 4.90 Å². The van der Waals surface area contributed by atoms with Gasteiger partial charge in [-0.2, -0.15) is 8.42 Å². The number of rotatable bonds is 6. The van der Waals surface area contributed by atoms with Crippen molar-refractivity contribution in [1.29, 1.82) is 0 Å². The minimum atomic E-state index is -4.11. The average Bonchev–Trinajstić information content (AvgIpc) is 3.15. The molecule has 0 amide bonds. The van der Waals surface area contributed by atoms with Crippen molar-refractivity contribution in [2.75, 3.05) is 7.11 Å². The summed E-state index contributed by atoms with van der Waals surface area (Å²) in [6, 6.07) is 16.8. The van der Waals surface area contributed by atoms with E-state index in [0.717, 1.165) is 0 Å². The molecule has 0 saturated heterocycles. The Morgan fingerprint density at radius 3 is 2.18 bits per heavy atom. The molecule has 0 spiro atoms. The highest BCUT2D eigenvalue weighted by Gasteiger charge is 2.25. The number of methoxy groups -OCH3 is 1. The fraction of sp³-hybridized carbons (Fsp3) is 0.0435. The number of ether oxygens (including phenoxy) is 2. The van der Waals surface area contributed by atoms with Gasteiger partial charge in [0.05, 0.1) is 7.11 Å². The van der Waals surface area contributed by atoms with Gasteiger partial charge >= 0.3 is 16.1 Å². The molecule has 0 aliphatic carbocycles. The van der Waals surface area contributed by atoms with Gasteiger partial charge in [-0.1, -0.05) is 29.3 Å². The van der Waals surface area contributed by atoms with E-state index in [2.05, 4.69) is 4.99 Å². The van der Waals surface area contributed by atoms with Crippen molar-refractivity contribution in [2.24, 2.45) is 4.99 Å². The molecule has 0 bridgehead atoms. The Labute approximate surface area is 200 Å². The first kappa shape index (κ1) is 22.8. The van der Waals surface area contributed by atoms with Gasteiger partial charge in [-0.15, -0.1) is 0 Å². The van der Waals surface area contributed by atoms with Crippen LogP contribution in [0, 0.1) is 0 Å². The zero-order chi connectivity index (χ0) is 23.6. The number of hydrogen-bond donors (Lipinski definition) is 0. The fourth-order valence-corrected chi connectivity index (χ4v) is 4.09. The van der Waals surface area contributed by atoms with Crippen LogP contribution in [0.5, 0.6) is 11.5 Å². The van der Waals surface area contributed by atoms with Crippen LogP contribution < -0.4 is 8.92 Å². The number of hydrogen-bond acceptors (Lipinski definition) is 7. The molecule has 0 N–H and O–H groups in total. The SMILES string of the molecule is COc1cc(/C=C2\N=C(c3ccc(Cl)cc3)OC2=O)ccc1OS(=O)(=O)c1ccc(Cl)cc1. The Hall–Kier alpha value is -3.33. The Morgan fingerprint density at radius 2 is 1.55 bits per heavy atom. The largest absolute Gasteiger partial charge is 0.493 e. The third-order valence-electron chi connectivity index (χ3n) is 4.50. The molecule has 0 radical (unpaired) electrons. The van der Waals surface area contributed by atoms with E-state index in [1.165, 1.54) is 49.6 Å². The third kappa shape index (κ3) is 5.19. The number of nitrogens with zero attached hydrogens (tertiary/aromatic N) is 1. The van der Waals surface area contributed by atoms with E-state index in [1.54, 1.807) is 30.3 Å². The summed E-state index contributed by atoms with van der Waals surface area (Å²) in [6.45, 7) is 0. The van der Waals surface area contributed by atoms with Gasteiger partial charge in [0.15, 0.2) is 17.2 Å². The van der Waals surface area contributed by atoms with Gasteiger partial charge in [-0.25, -0.2) is 9.79 Å². The van der Waals surface area contributed by atoms with Crippen molar-refractivity contribution in [1.82, 2.24) is 0 Å². The Balaban J connectivity index is 1.60. The lowest BCUT2D eigenvalue weighted by Crippen LogP contribution is -2.10. The van der Waals surface area contributed by atoms with Crippen LogP contribution in [0.15, 0.2) is 82.3 Å². The fourth-order valence-electron chi connectivity index (χ4n) is 2.89. The highest BCUT2D eigenvalue weighted by molar-refractivity contribution is 7.87. The summed E-state index contributed by atoms with van der Waals surface area (Å²) >= 11 is 11.7. The summed E-state index contributed by atoms with van der Waals surface area (Å²) < 4.78 is 40.9. The summed E-state index contributed by atoms with van der Waals surface area (Å²) in [6.07, 6.45) is 1.49. The minimum Gasteiger partial charge on any atom is -0.493 e. The Bertz CT molecular complexity index is 1380. The van der Waals surface area contributed by atoms with E-state index < -0.39 is 16.1 Å². The monoisotopic (exact) mass is 503 g/mol. The summed E-state index contributed by atoms with van der Waals surface area (Å²) in [5.41, 5.74) is 1.20. The molecule has 0 fully saturated rings. The normalized spacial score (nSPS) is 14.7. The van der Waals surface area contributed by atoms with Crippen LogP contribution in [0.3, 0.4) is 0 Å². The number of benzene rings is 3. The number of carbonyl (C=O) groups excluding carboxylic acids is 1. The van der Waals surface area contributed by atoms with Crippen LogP contribution in [0.25, 0.3) is 6.08 Å². The van der Waals surface area contributed by atoms with Gasteiger partial charge < -0.3 is 13.7 Å². The maximum absolute atomic E-state index is 12.6. The van der Waals surface area contributed by atoms with Gasteiger partial charge in [0, 0.05) is 15.6 Å². The first-order valence-electron chi connectivity index (χ1n) is 9.42. The summed E-state index contributed by atoms with van der Waals surface area (Å²) in [5, 5.41) is 0.947. The van der Waals surface area contributed by atoms with Crippen LogP contribution in [0.2, 0.25) is 10.0 Å². The molecule has 33 heavy (non-hydrogen) atoms. The van der Waals surface area contributed by atoms with Crippen LogP contribution in [0.4, 0.5) is 0 Å². The lowest BCUT2D eigenvalue weighted by molar-refractivity contribution is -0.129. The van der Waals surface area contributed by atoms with E-state index in [4.69, 9.17) is 36.9 Å². The molecule has 168 valence electrons. The molecular formula is C23H15Cl2NO6S. The van der Waals surface area contributed by atoms with Crippen LogP contribution in [-0.2, 0) is 19.6 Å². The van der Waals surface area contributed by atoms with Gasteiger partial charge in [-0.05, 0) is 72.3 Å². The van der Waals surface area contributed by atoms with E-state index in [0.29, 0.717) is 21.2 Å². The zero-order valence-corrected chi connectivity index (χ0v) is 19.3. The minimum absolute atomic E-state index is 0.0195. The average molecular weight is 504 g/mol. The van der Waals surface area contributed by atoms with Gasteiger partial charge in [0.1, 0.15) is 4.90 Å². The number of cyclic esters (lactones) is 1. The molecule has 3 aromatic carbocycles. The number of aliphatic imine (C=N–C) groups is 1. The Morgan fingerprint density at radius 1 is 0.909 bits per heavy atom. The lowest BCUT2D eigenvalue weighted by Gasteiger charge is -2.11. The summed E-state index contributed by atoms with van der Waals surface area (Å²) in [7, 11) is -2.74. The topological polar surface area (TPSA) is 91.3 Å². The molecule has 1 aliphatic rings. The Kier molecular flexibility index (Phi) is 6.42. The van der Waals surface area contributed by atoms with Crippen LogP contribution in [-0.4, -0.2) is 27.4 Å². The molecule has 0 atom stereocenters. The second kappa shape index (κ2) is 9.27. The van der Waals surface area contributed by atoms with E-state index in [1.807, 2.05) is 0 Å². The smallest absolute Gasteiger partial charge is 0.363 e. The molecule has 0 unspecified atom stereocenters. The van der Waals surface area contributed by atoms with Crippen molar-refractivity contribution in [3.8, 4) is 11.5 Å². The molecule has 0 saturated carbocycles. The van der Waals surface area contributed by atoms with Crippen molar-refractivity contribution < 1.29 is 26.9 Å². The zero-order valence-electron chi connectivity index (χ0n) is 17.0. The highest BCUT2D eigenvalue weighted by atomic mass is 35.5. The molecule has 7 nitrogen and oxygen atoms in total. The van der Waals surface area contributed by atoms with Gasteiger partial charge in [-0.3, -0.25) is 0 Å². The molecule has 0 aromatic heterocycles. The first-order valence-corrected chi connectivity index (χ1v) is 11.6. The highest BCUT2D eigenvalue weighted by Crippen LogP contribution is 2.32. The second-order valence-electron chi connectivity index (χ2n) is 6.74. The predicted molar refractivity (Wildman–Crippen MR) is 124 cm³/mol. The molecular weight excluding hydrogens is 489 g/mol. The van der Waals surface area contributed by atoms with Crippen molar-refractivity contribution in [3.05, 3.63) is 93.6 Å². The summed E-state index contributed by atoms with van der Waals surface area (Å²) in [5.74, 6) is -0.336. The van der Waals surface area contributed by atoms with Crippen LogP contribution in [0.1, 0.15) is 11.1 Å². The maximum Gasteiger partial charge on any atom is 0.363 e. The lowest BCUT2D eigenvalue weighted by atomic mass is 10.1. The van der Waals surface area contributed by atoms with E-state index in [-0.39, 0.29) is 28.0 Å². The number of esters is 1. The summed E-state index contributed by atoms with van der Waals surface area (Å²) in [4.78, 5) is 16.4. The van der Waals surface area contributed by atoms with Crippen molar-refractivity contribution in [3.63, 3.8) is 0 Å². The van der Waals surface area contributed by atoms with E-state index >= 15 is 0 Å². The van der Waals surface area contributed by atoms with Gasteiger partial charge in [0.2, 0.25) is 5.90 Å². The maximum atomic E-state index is 12.6. The van der Waals surface area contributed by atoms with Crippen molar-refractivity contribution >= 4 is 51.3 Å². The van der Waals surface area contributed by atoms with Crippen LogP contribution >= 0.6 is 23.2 Å². The predicted octanol–water partition coefficient (Wildman–Crippen LogP) is 5.11. The standard InChI is InChI=1S/C23H15Cl2NO6S/c1-30-21-13-14(2-11-20(21)32-33(28,29)18-9-7-17(25)8-10-18)12-19-23(27)31-22(26-19)15-3-5-16(24)6-4-15/h2-13H,1H3/b19-12-. The second-order valence-corrected chi connectivity index (χ2v) is 9.16. The number of halogens is 2. The van der Waals surface area contributed by atoms with E-state index in [9.17, 15) is 13.2 Å². The third-order valence-corrected chi connectivity index (χ3v) is 6.26. The molecule has 4 rings (SSSR count). The molecule has 1 aliphatic heterocycles. The van der Waals surface area contributed by atoms with Gasteiger partial charge in [0.25, 0.3) is 0 Å². The molecule has 10 heteroatoms. The molecule has 1 heterocycles. The first-order chi connectivity index (χ1) is 15.7. The molecule has 3 aromatic rings. The number of carbonyl (C=O) groups is 1.